The summed E-state index contributed by atoms with van der Waals surface area (Å²) in [5, 5.41) is 8.55. The van der Waals surface area contributed by atoms with E-state index in [-0.39, 0.29) is 6.61 Å². The molecule has 0 radical (unpaired) electrons. The molecule has 0 spiro atoms. The fourth-order valence-corrected chi connectivity index (χ4v) is 1.41. The van der Waals surface area contributed by atoms with Crippen molar-refractivity contribution in [3.63, 3.8) is 0 Å². The molecule has 1 saturated carbocycles. The van der Waals surface area contributed by atoms with Crippen LogP contribution in [0.4, 0.5) is 12.9 Å². The first-order valence-corrected chi connectivity index (χ1v) is 4.17. The Bertz CT molecular complexity index is 298. The highest BCUT2D eigenvalue weighted by Gasteiger charge is 2.68. The minimum absolute atomic E-state index is 0.0140. The maximum atomic E-state index is 12.2. The number of rotatable bonds is 3. The van der Waals surface area contributed by atoms with Gasteiger partial charge in [-0.1, -0.05) is 0 Å². The molecule has 0 aromatic rings. The Morgan fingerprint density at radius 1 is 1.71 bits per heavy atom. The predicted molar refractivity (Wildman–Crippen MR) is 42.1 cm³/mol. The fourth-order valence-electron chi connectivity index (χ4n) is 1.41. The molecule has 3 nitrogen and oxygen atoms in total. The molecule has 7 heteroatoms. The number of nitriles is 1. The molecule has 0 saturated heterocycles. The van der Waals surface area contributed by atoms with Crippen LogP contribution in [-0.4, -0.2) is 19.6 Å². The summed E-state index contributed by atoms with van der Waals surface area (Å²) in [5.41, 5.74) is -1.95. The van der Waals surface area contributed by atoms with E-state index in [1.807, 2.05) is 0 Å². The van der Waals surface area contributed by atoms with E-state index in [1.165, 1.54) is 13.0 Å². The first-order valence-electron chi connectivity index (χ1n) is 4.17. The summed E-state index contributed by atoms with van der Waals surface area (Å²) >= 11 is 0. The maximum Gasteiger partial charge on any atom is 0.483 e. The summed E-state index contributed by atoms with van der Waals surface area (Å²) in [7, 11) is 0. The van der Waals surface area contributed by atoms with Crippen molar-refractivity contribution in [2.45, 2.75) is 19.2 Å². The summed E-state index contributed by atoms with van der Waals surface area (Å²) in [4.78, 5) is 11.1. The van der Waals surface area contributed by atoms with Crippen molar-refractivity contribution >= 4 is 12.9 Å². The topological polar surface area (TPSA) is 50.1 Å². The van der Waals surface area contributed by atoms with E-state index >= 15 is 0 Å². The van der Waals surface area contributed by atoms with Gasteiger partial charge in [-0.2, -0.15) is 5.26 Å². The average molecular weight is 206 g/mol. The normalized spacial score (nSPS) is 30.6. The van der Waals surface area contributed by atoms with Crippen molar-refractivity contribution < 1.29 is 22.5 Å². The zero-order chi connectivity index (χ0) is 11.0. The van der Waals surface area contributed by atoms with Gasteiger partial charge in [0.25, 0.3) is 0 Å². The van der Waals surface area contributed by atoms with Crippen LogP contribution in [0, 0.1) is 16.7 Å². The average Bonchev–Trinajstić information content (AvgIpc) is 2.79. The van der Waals surface area contributed by atoms with E-state index in [4.69, 9.17) is 5.26 Å². The highest BCUT2D eigenvalue weighted by atomic mass is 19.4. The van der Waals surface area contributed by atoms with Crippen molar-refractivity contribution in [1.29, 1.82) is 5.26 Å². The molecule has 78 valence electrons. The number of carbonyl (C=O) groups excluding carboxylic acids is 1. The zero-order valence-corrected chi connectivity index (χ0v) is 7.47. The summed E-state index contributed by atoms with van der Waals surface area (Å²) in [6.45, 7) is -3.66. The van der Waals surface area contributed by atoms with E-state index in [0.29, 0.717) is 0 Å². The molecule has 0 aliphatic heterocycles. The standard InChI is InChI=1S/C7H8BF3NO2/c1-2-14-6(13)7(4-12)3-5(7)8(9,10)11/h5H,2-3H2,1H3/q-1/t5-,7+/m0/s1. The molecule has 0 N–H and O–H groups in total. The van der Waals surface area contributed by atoms with Crippen LogP contribution in [0.1, 0.15) is 13.3 Å². The lowest BCUT2D eigenvalue weighted by atomic mass is 9.78. The number of carbonyl (C=O) groups is 1. The lowest BCUT2D eigenvalue weighted by Crippen LogP contribution is -2.26. The second kappa shape index (κ2) is 3.19. The SMILES string of the molecule is CCOC(=O)[C@@]1(C#N)C[C@@H]1[B-](F)(F)F. The number of halogens is 3. The van der Waals surface area contributed by atoms with Crippen molar-refractivity contribution in [3.05, 3.63) is 0 Å². The summed E-state index contributed by atoms with van der Waals surface area (Å²) in [6.07, 6.45) is -0.453. The molecular formula is C7H8BF3NO2-. The van der Waals surface area contributed by atoms with Gasteiger partial charge in [0.2, 0.25) is 0 Å². The first-order chi connectivity index (χ1) is 6.38. The second-order valence-corrected chi connectivity index (χ2v) is 3.24. The van der Waals surface area contributed by atoms with Crippen molar-refractivity contribution in [3.8, 4) is 6.07 Å². The Balaban J connectivity index is 2.77. The van der Waals surface area contributed by atoms with Gasteiger partial charge in [0.05, 0.1) is 12.7 Å². The summed E-state index contributed by atoms with van der Waals surface area (Å²) < 4.78 is 41.1. The van der Waals surface area contributed by atoms with Gasteiger partial charge >= 0.3 is 12.9 Å². The van der Waals surface area contributed by atoms with Crippen LogP contribution in [0.3, 0.4) is 0 Å². The molecule has 0 amide bonds. The fraction of sp³-hybridized carbons (Fsp3) is 0.714. The number of esters is 1. The number of nitrogens with zero attached hydrogens (tertiary/aromatic N) is 1. The molecular weight excluding hydrogens is 198 g/mol. The third-order valence-corrected chi connectivity index (χ3v) is 2.31. The van der Waals surface area contributed by atoms with Crippen LogP contribution in [0.5, 0.6) is 0 Å². The third kappa shape index (κ3) is 1.56. The number of ether oxygens (including phenoxy) is 1. The Morgan fingerprint density at radius 2 is 2.29 bits per heavy atom. The summed E-state index contributed by atoms with van der Waals surface area (Å²) in [5.74, 6) is -2.85. The van der Waals surface area contributed by atoms with E-state index < -0.39 is 30.6 Å². The largest absolute Gasteiger partial charge is 0.483 e. The van der Waals surface area contributed by atoms with Crippen LogP contribution in [-0.2, 0) is 9.53 Å². The monoisotopic (exact) mass is 206 g/mol. The van der Waals surface area contributed by atoms with Gasteiger partial charge in [-0.25, -0.2) is 0 Å². The van der Waals surface area contributed by atoms with Gasteiger partial charge < -0.3 is 17.7 Å². The van der Waals surface area contributed by atoms with E-state index in [9.17, 15) is 17.7 Å². The molecule has 1 fully saturated rings. The van der Waals surface area contributed by atoms with Crippen LogP contribution in [0.2, 0.25) is 5.82 Å². The predicted octanol–water partition coefficient (Wildman–Crippen LogP) is 1.68. The van der Waals surface area contributed by atoms with Crippen molar-refractivity contribution in [2.24, 2.45) is 5.41 Å². The molecule has 0 aromatic heterocycles. The molecule has 2 atom stereocenters. The second-order valence-electron chi connectivity index (χ2n) is 3.24. The minimum atomic E-state index is -5.13. The molecule has 0 unspecified atom stereocenters. The van der Waals surface area contributed by atoms with E-state index in [1.54, 1.807) is 0 Å². The maximum absolute atomic E-state index is 12.2. The molecule has 0 heterocycles. The van der Waals surface area contributed by atoms with Gasteiger partial charge in [-0.15, -0.1) is 0 Å². The van der Waals surface area contributed by atoms with Crippen LogP contribution in [0.25, 0.3) is 0 Å². The van der Waals surface area contributed by atoms with Crippen molar-refractivity contribution in [1.82, 2.24) is 0 Å². The quantitative estimate of drug-likeness (QED) is 0.521. The highest BCUT2D eigenvalue weighted by Crippen LogP contribution is 2.64. The molecule has 1 aliphatic rings. The van der Waals surface area contributed by atoms with Gasteiger partial charge in [0.1, 0.15) is 5.41 Å². The molecule has 1 aliphatic carbocycles. The van der Waals surface area contributed by atoms with Gasteiger partial charge in [0.15, 0.2) is 0 Å². The van der Waals surface area contributed by atoms with Crippen LogP contribution in [0.15, 0.2) is 0 Å². The van der Waals surface area contributed by atoms with Crippen molar-refractivity contribution in [2.75, 3.05) is 6.61 Å². The Morgan fingerprint density at radius 3 is 2.57 bits per heavy atom. The number of hydrogen-bond acceptors (Lipinski definition) is 3. The molecule has 1 rings (SSSR count). The Labute approximate surface area is 78.9 Å². The molecule has 14 heavy (non-hydrogen) atoms. The lowest BCUT2D eigenvalue weighted by molar-refractivity contribution is -0.147. The van der Waals surface area contributed by atoms with Crippen LogP contribution >= 0.6 is 0 Å². The first kappa shape index (κ1) is 10.9. The zero-order valence-electron chi connectivity index (χ0n) is 7.47. The Hall–Kier alpha value is -1.19. The lowest BCUT2D eigenvalue weighted by Gasteiger charge is -2.15. The van der Waals surface area contributed by atoms with Crippen LogP contribution < -0.4 is 0 Å². The number of hydrogen-bond donors (Lipinski definition) is 0. The van der Waals surface area contributed by atoms with Gasteiger partial charge in [0, 0.05) is 0 Å². The van der Waals surface area contributed by atoms with E-state index in [0.717, 1.165) is 0 Å². The summed E-state index contributed by atoms with van der Waals surface area (Å²) in [6, 6.07) is 1.41. The highest BCUT2D eigenvalue weighted by molar-refractivity contribution is 6.62. The molecule has 0 aromatic carbocycles. The Kier molecular flexibility index (Phi) is 2.48. The van der Waals surface area contributed by atoms with E-state index in [2.05, 4.69) is 4.74 Å². The van der Waals surface area contributed by atoms with Gasteiger partial charge in [-0.3, -0.25) is 4.79 Å². The minimum Gasteiger partial charge on any atom is -0.465 e. The smallest absolute Gasteiger partial charge is 0.465 e. The van der Waals surface area contributed by atoms with Gasteiger partial charge in [-0.05, 0) is 19.2 Å². The third-order valence-electron chi connectivity index (χ3n) is 2.31. The molecule has 0 bridgehead atoms.